The van der Waals surface area contributed by atoms with Gasteiger partial charge in [-0.1, -0.05) is 11.6 Å². The van der Waals surface area contributed by atoms with E-state index in [4.69, 9.17) is 21.8 Å². The zero-order valence-electron chi connectivity index (χ0n) is 10.1. The highest BCUT2D eigenvalue weighted by molar-refractivity contribution is 6.31. The monoisotopic (exact) mass is 295 g/mol. The molecular weight excluding hydrogens is 286 g/mol. The summed E-state index contributed by atoms with van der Waals surface area (Å²) in [4.78, 5) is 22.2. The number of halogens is 1. The number of nitrogens with one attached hydrogen (secondary N) is 1. The number of nitrogens with two attached hydrogens (primary N) is 1. The first kappa shape index (κ1) is 14.0. The van der Waals surface area contributed by atoms with E-state index in [9.17, 15) is 14.9 Å². The van der Waals surface area contributed by atoms with Crippen LogP contribution in [0.15, 0.2) is 34.7 Å². The van der Waals surface area contributed by atoms with Gasteiger partial charge in [0.05, 0.1) is 11.5 Å². The van der Waals surface area contributed by atoms with Gasteiger partial charge in [0.15, 0.2) is 5.76 Å². The van der Waals surface area contributed by atoms with E-state index in [-0.39, 0.29) is 28.7 Å². The number of nitrogens with zero attached hydrogens (tertiary/aromatic N) is 1. The number of carbonyl (C=O) groups excluding carboxylic acids is 1. The van der Waals surface area contributed by atoms with Crippen LogP contribution in [-0.2, 0) is 6.54 Å². The van der Waals surface area contributed by atoms with Gasteiger partial charge in [-0.2, -0.15) is 0 Å². The van der Waals surface area contributed by atoms with Crippen LogP contribution in [0.5, 0.6) is 0 Å². The van der Waals surface area contributed by atoms with Crippen molar-refractivity contribution in [2.45, 2.75) is 6.54 Å². The quantitative estimate of drug-likeness (QED) is 0.665. The summed E-state index contributed by atoms with van der Waals surface area (Å²) in [5, 5.41) is 13.5. The lowest BCUT2D eigenvalue weighted by atomic mass is 10.2. The van der Waals surface area contributed by atoms with Crippen molar-refractivity contribution in [2.24, 2.45) is 5.73 Å². The molecule has 1 aromatic carbocycles. The largest absolute Gasteiger partial charge is 0.455 e. The summed E-state index contributed by atoms with van der Waals surface area (Å²) in [6.07, 6.45) is 0. The van der Waals surface area contributed by atoms with Crippen molar-refractivity contribution >= 4 is 28.9 Å². The first-order chi connectivity index (χ1) is 9.51. The second kappa shape index (κ2) is 5.72. The van der Waals surface area contributed by atoms with Gasteiger partial charge in [0.2, 0.25) is 0 Å². The molecule has 0 aliphatic rings. The summed E-state index contributed by atoms with van der Waals surface area (Å²) in [6, 6.07) is 6.87. The Morgan fingerprint density at radius 3 is 2.75 bits per heavy atom. The minimum atomic E-state index is -0.616. The fourth-order valence-corrected chi connectivity index (χ4v) is 1.73. The third-order valence-corrected chi connectivity index (χ3v) is 2.73. The lowest BCUT2D eigenvalue weighted by Crippen LogP contribution is -2.12. The molecule has 8 heteroatoms. The molecule has 0 atom stereocenters. The van der Waals surface area contributed by atoms with Crippen molar-refractivity contribution in [1.29, 1.82) is 0 Å². The van der Waals surface area contributed by atoms with Crippen LogP contribution < -0.4 is 11.1 Å². The van der Waals surface area contributed by atoms with Crippen molar-refractivity contribution in [3.05, 3.63) is 57.0 Å². The van der Waals surface area contributed by atoms with E-state index in [1.807, 2.05) is 0 Å². The predicted octanol–water partition coefficient (Wildman–Crippen LogP) is 2.55. The Morgan fingerprint density at radius 1 is 1.40 bits per heavy atom. The van der Waals surface area contributed by atoms with Crippen molar-refractivity contribution in [1.82, 2.24) is 0 Å². The van der Waals surface area contributed by atoms with Gasteiger partial charge in [0, 0.05) is 11.1 Å². The minimum Gasteiger partial charge on any atom is -0.455 e. The maximum atomic E-state index is 11.9. The number of anilines is 1. The van der Waals surface area contributed by atoms with Crippen LogP contribution in [0.1, 0.15) is 16.3 Å². The van der Waals surface area contributed by atoms with E-state index < -0.39 is 10.8 Å². The molecule has 0 unspecified atom stereocenters. The van der Waals surface area contributed by atoms with Gasteiger partial charge < -0.3 is 15.5 Å². The fourth-order valence-electron chi connectivity index (χ4n) is 1.56. The Kier molecular flexibility index (Phi) is 4.02. The summed E-state index contributed by atoms with van der Waals surface area (Å²) in [6.45, 7) is 0.157. The van der Waals surface area contributed by atoms with Crippen molar-refractivity contribution in [3.63, 3.8) is 0 Å². The first-order valence-electron chi connectivity index (χ1n) is 5.55. The SMILES string of the molecule is NCc1ccc(C(=O)Nc2cc(Cl)ccc2[N+](=O)[O-])o1. The second-order valence-electron chi connectivity index (χ2n) is 3.84. The second-order valence-corrected chi connectivity index (χ2v) is 4.28. The molecule has 0 saturated heterocycles. The topological polar surface area (TPSA) is 111 Å². The molecule has 1 heterocycles. The Labute approximate surface area is 118 Å². The van der Waals surface area contributed by atoms with E-state index in [1.165, 1.54) is 24.3 Å². The van der Waals surface area contributed by atoms with E-state index in [0.717, 1.165) is 0 Å². The molecule has 0 fully saturated rings. The van der Waals surface area contributed by atoms with Crippen molar-refractivity contribution < 1.29 is 14.1 Å². The van der Waals surface area contributed by atoms with Crippen molar-refractivity contribution in [3.8, 4) is 0 Å². The number of nitro groups is 1. The Bertz CT molecular complexity index is 668. The first-order valence-corrected chi connectivity index (χ1v) is 5.93. The van der Waals surface area contributed by atoms with Gasteiger partial charge in [0.1, 0.15) is 11.4 Å². The normalized spacial score (nSPS) is 10.3. The average Bonchev–Trinajstić information content (AvgIpc) is 2.87. The van der Waals surface area contributed by atoms with Crippen LogP contribution in [0.25, 0.3) is 0 Å². The number of carbonyl (C=O) groups is 1. The Balaban J connectivity index is 2.27. The molecule has 1 amide bonds. The zero-order valence-corrected chi connectivity index (χ0v) is 10.9. The van der Waals surface area contributed by atoms with E-state index in [2.05, 4.69) is 5.32 Å². The van der Waals surface area contributed by atoms with Gasteiger partial charge in [-0.3, -0.25) is 14.9 Å². The summed E-state index contributed by atoms with van der Waals surface area (Å²) in [5.41, 5.74) is 5.11. The van der Waals surface area contributed by atoms with Gasteiger partial charge in [-0.05, 0) is 24.3 Å². The summed E-state index contributed by atoms with van der Waals surface area (Å²) >= 11 is 5.76. The molecule has 0 saturated carbocycles. The van der Waals surface area contributed by atoms with Crippen LogP contribution >= 0.6 is 11.6 Å². The summed E-state index contributed by atoms with van der Waals surface area (Å²) < 4.78 is 5.16. The molecule has 0 aliphatic heterocycles. The molecule has 104 valence electrons. The Morgan fingerprint density at radius 2 is 2.15 bits per heavy atom. The average molecular weight is 296 g/mol. The van der Waals surface area contributed by atoms with Gasteiger partial charge >= 0.3 is 0 Å². The van der Waals surface area contributed by atoms with Gasteiger partial charge in [0.25, 0.3) is 11.6 Å². The van der Waals surface area contributed by atoms with Gasteiger partial charge in [-0.15, -0.1) is 0 Å². The predicted molar refractivity (Wildman–Crippen MR) is 72.7 cm³/mol. The number of hydrogen-bond acceptors (Lipinski definition) is 5. The smallest absolute Gasteiger partial charge is 0.292 e. The number of rotatable bonds is 4. The highest BCUT2D eigenvalue weighted by atomic mass is 35.5. The van der Waals surface area contributed by atoms with E-state index in [0.29, 0.717) is 5.76 Å². The lowest BCUT2D eigenvalue weighted by Gasteiger charge is -2.04. The molecule has 0 aliphatic carbocycles. The number of furan rings is 1. The van der Waals surface area contributed by atoms with E-state index in [1.54, 1.807) is 6.07 Å². The Hall–Kier alpha value is -2.38. The third-order valence-electron chi connectivity index (χ3n) is 2.49. The minimum absolute atomic E-state index is 0.00167. The number of amides is 1. The maximum absolute atomic E-state index is 11.9. The van der Waals surface area contributed by atoms with Crippen LogP contribution in [-0.4, -0.2) is 10.8 Å². The standard InChI is InChI=1S/C12H10ClN3O4/c13-7-1-3-10(16(18)19)9(5-7)15-12(17)11-4-2-8(6-14)20-11/h1-5H,6,14H2,(H,15,17). The summed E-state index contributed by atoms with van der Waals surface area (Å²) in [5.74, 6) is -0.162. The highest BCUT2D eigenvalue weighted by Crippen LogP contribution is 2.28. The molecule has 7 nitrogen and oxygen atoms in total. The van der Waals surface area contributed by atoms with Crippen LogP contribution in [0.2, 0.25) is 5.02 Å². The molecule has 1 aromatic heterocycles. The number of nitro benzene ring substituents is 1. The maximum Gasteiger partial charge on any atom is 0.292 e. The molecule has 3 N–H and O–H groups in total. The molecule has 0 spiro atoms. The van der Waals surface area contributed by atoms with Crippen LogP contribution in [0.4, 0.5) is 11.4 Å². The number of hydrogen-bond donors (Lipinski definition) is 2. The van der Waals surface area contributed by atoms with Gasteiger partial charge in [-0.25, -0.2) is 0 Å². The van der Waals surface area contributed by atoms with Crippen LogP contribution in [0.3, 0.4) is 0 Å². The van der Waals surface area contributed by atoms with Crippen LogP contribution in [0, 0.1) is 10.1 Å². The molecular formula is C12H10ClN3O4. The summed E-state index contributed by atoms with van der Waals surface area (Å²) in [7, 11) is 0. The molecule has 2 rings (SSSR count). The molecule has 0 bridgehead atoms. The molecule has 2 aromatic rings. The van der Waals surface area contributed by atoms with E-state index >= 15 is 0 Å². The molecule has 0 radical (unpaired) electrons. The zero-order chi connectivity index (χ0) is 14.7. The fraction of sp³-hybridized carbons (Fsp3) is 0.0833. The highest BCUT2D eigenvalue weighted by Gasteiger charge is 2.18. The number of benzene rings is 1. The molecule has 20 heavy (non-hydrogen) atoms. The lowest BCUT2D eigenvalue weighted by molar-refractivity contribution is -0.383. The third kappa shape index (κ3) is 2.95. The van der Waals surface area contributed by atoms with Crippen molar-refractivity contribution in [2.75, 3.05) is 5.32 Å².